The summed E-state index contributed by atoms with van der Waals surface area (Å²) in [5, 5.41) is 2.61. The van der Waals surface area contributed by atoms with Crippen molar-refractivity contribution in [2.45, 2.75) is 32.7 Å². The summed E-state index contributed by atoms with van der Waals surface area (Å²) in [6.45, 7) is 5.12. The van der Waals surface area contributed by atoms with Crippen molar-refractivity contribution in [3.8, 4) is 0 Å². The van der Waals surface area contributed by atoms with Gasteiger partial charge in [-0.25, -0.2) is 0 Å². The van der Waals surface area contributed by atoms with Gasteiger partial charge in [0.2, 0.25) is 11.8 Å². The summed E-state index contributed by atoms with van der Waals surface area (Å²) in [5.74, 6) is -0.352. The smallest absolute Gasteiger partial charge is 0.241 e. The maximum atomic E-state index is 11.9. The van der Waals surface area contributed by atoms with E-state index < -0.39 is 6.04 Å². The topological polar surface area (TPSA) is 75.4 Å². The molecule has 0 aliphatic rings. The molecule has 0 aromatic heterocycles. The maximum Gasteiger partial charge on any atom is 0.241 e. The first-order valence-electron chi connectivity index (χ1n) is 7.43. The van der Waals surface area contributed by atoms with E-state index in [1.165, 1.54) is 0 Å². The summed E-state index contributed by atoms with van der Waals surface area (Å²) >= 11 is 0. The average molecular weight is 291 g/mol. The third-order valence-corrected chi connectivity index (χ3v) is 3.45. The van der Waals surface area contributed by atoms with Gasteiger partial charge in [0.25, 0.3) is 0 Å². The molecule has 5 heteroatoms. The van der Waals surface area contributed by atoms with Crippen molar-refractivity contribution in [2.75, 3.05) is 19.6 Å². The molecule has 0 saturated carbocycles. The molecule has 0 aliphatic carbocycles. The van der Waals surface area contributed by atoms with Crippen LogP contribution in [0.15, 0.2) is 30.3 Å². The van der Waals surface area contributed by atoms with Crippen LogP contribution in [0.3, 0.4) is 0 Å². The molecule has 0 radical (unpaired) electrons. The van der Waals surface area contributed by atoms with E-state index in [-0.39, 0.29) is 18.4 Å². The lowest BCUT2D eigenvalue weighted by Gasteiger charge is -2.19. The molecule has 0 spiro atoms. The number of amides is 2. The van der Waals surface area contributed by atoms with Crippen LogP contribution in [0, 0.1) is 0 Å². The van der Waals surface area contributed by atoms with E-state index in [0.29, 0.717) is 19.5 Å². The van der Waals surface area contributed by atoms with Crippen molar-refractivity contribution in [3.05, 3.63) is 35.9 Å². The Morgan fingerprint density at radius 3 is 2.38 bits per heavy atom. The molecule has 1 rings (SSSR count). The highest BCUT2D eigenvalue weighted by Gasteiger charge is 2.16. The van der Waals surface area contributed by atoms with E-state index in [1.807, 2.05) is 44.2 Å². The van der Waals surface area contributed by atoms with Crippen LogP contribution in [0.5, 0.6) is 0 Å². The highest BCUT2D eigenvalue weighted by Crippen LogP contribution is 2.04. The third kappa shape index (κ3) is 5.95. The lowest BCUT2D eigenvalue weighted by Crippen LogP contribution is -2.46. The minimum atomic E-state index is -0.588. The first-order valence-corrected chi connectivity index (χ1v) is 7.43. The van der Waals surface area contributed by atoms with Crippen LogP contribution in [0.4, 0.5) is 0 Å². The standard InChI is InChI=1S/C16H25N3O2/c1-3-19(4-2)15(20)12-18-16(21)14(17)11-10-13-8-6-5-7-9-13/h5-9,14H,3-4,10-12,17H2,1-2H3,(H,18,21)/t14-/m0/s1. The van der Waals surface area contributed by atoms with E-state index in [0.717, 1.165) is 12.0 Å². The first kappa shape index (κ1) is 17.2. The molecule has 1 aromatic carbocycles. The zero-order valence-electron chi connectivity index (χ0n) is 12.8. The van der Waals surface area contributed by atoms with Crippen LogP contribution in [-0.2, 0) is 16.0 Å². The number of aryl methyl sites for hydroxylation is 1. The zero-order valence-corrected chi connectivity index (χ0v) is 12.8. The average Bonchev–Trinajstić information content (AvgIpc) is 2.52. The van der Waals surface area contributed by atoms with E-state index in [1.54, 1.807) is 4.90 Å². The highest BCUT2D eigenvalue weighted by atomic mass is 16.2. The second-order valence-electron chi connectivity index (χ2n) is 4.91. The van der Waals surface area contributed by atoms with Gasteiger partial charge in [-0.3, -0.25) is 9.59 Å². The van der Waals surface area contributed by atoms with Crippen molar-refractivity contribution in [3.63, 3.8) is 0 Å². The van der Waals surface area contributed by atoms with Crippen molar-refractivity contribution < 1.29 is 9.59 Å². The van der Waals surface area contributed by atoms with Gasteiger partial charge in [0.15, 0.2) is 0 Å². The van der Waals surface area contributed by atoms with E-state index in [2.05, 4.69) is 5.32 Å². The summed E-state index contributed by atoms with van der Waals surface area (Å²) in [6.07, 6.45) is 1.31. The van der Waals surface area contributed by atoms with Gasteiger partial charge >= 0.3 is 0 Å². The summed E-state index contributed by atoms with van der Waals surface area (Å²) in [4.78, 5) is 25.3. The van der Waals surface area contributed by atoms with Gasteiger partial charge in [0.1, 0.15) is 0 Å². The quantitative estimate of drug-likeness (QED) is 0.748. The molecule has 5 nitrogen and oxygen atoms in total. The SMILES string of the molecule is CCN(CC)C(=O)CNC(=O)[C@@H](N)CCc1ccccc1. The number of hydrogen-bond donors (Lipinski definition) is 2. The van der Waals surface area contributed by atoms with Crippen molar-refractivity contribution in [1.29, 1.82) is 0 Å². The lowest BCUT2D eigenvalue weighted by molar-refractivity contribution is -0.132. The highest BCUT2D eigenvalue weighted by molar-refractivity contribution is 5.87. The molecular formula is C16H25N3O2. The molecule has 0 saturated heterocycles. The Hall–Kier alpha value is -1.88. The number of nitrogens with one attached hydrogen (secondary N) is 1. The minimum absolute atomic E-state index is 0.0134. The molecule has 2 amide bonds. The zero-order chi connectivity index (χ0) is 15.7. The van der Waals surface area contributed by atoms with Crippen LogP contribution in [0.2, 0.25) is 0 Å². The predicted octanol–water partition coefficient (Wildman–Crippen LogP) is 0.931. The van der Waals surface area contributed by atoms with Crippen LogP contribution in [-0.4, -0.2) is 42.4 Å². The van der Waals surface area contributed by atoms with Gasteiger partial charge in [0, 0.05) is 13.1 Å². The molecule has 0 bridgehead atoms. The second kappa shape index (κ2) is 9.13. The van der Waals surface area contributed by atoms with Crippen LogP contribution >= 0.6 is 0 Å². The van der Waals surface area contributed by atoms with Crippen molar-refractivity contribution >= 4 is 11.8 Å². The number of carbonyl (C=O) groups excluding carboxylic acids is 2. The summed E-state index contributed by atoms with van der Waals surface area (Å²) in [5.41, 5.74) is 7.01. The fraction of sp³-hybridized carbons (Fsp3) is 0.500. The van der Waals surface area contributed by atoms with Gasteiger partial charge in [-0.05, 0) is 32.3 Å². The van der Waals surface area contributed by atoms with Gasteiger partial charge < -0.3 is 16.0 Å². The van der Waals surface area contributed by atoms with Crippen molar-refractivity contribution in [2.24, 2.45) is 5.73 Å². The fourth-order valence-corrected chi connectivity index (χ4v) is 2.08. The van der Waals surface area contributed by atoms with Crippen molar-refractivity contribution in [1.82, 2.24) is 10.2 Å². The molecular weight excluding hydrogens is 266 g/mol. The van der Waals surface area contributed by atoms with Gasteiger partial charge in [0.05, 0.1) is 12.6 Å². The molecule has 0 aliphatic heterocycles. The largest absolute Gasteiger partial charge is 0.346 e. The van der Waals surface area contributed by atoms with Crippen LogP contribution in [0.1, 0.15) is 25.8 Å². The molecule has 3 N–H and O–H groups in total. The lowest BCUT2D eigenvalue weighted by atomic mass is 10.1. The number of hydrogen-bond acceptors (Lipinski definition) is 3. The summed E-state index contributed by atoms with van der Waals surface area (Å²) in [6, 6.07) is 9.31. The number of carbonyl (C=O) groups is 2. The van der Waals surface area contributed by atoms with Gasteiger partial charge in [-0.1, -0.05) is 30.3 Å². The Morgan fingerprint density at radius 1 is 1.19 bits per heavy atom. The third-order valence-electron chi connectivity index (χ3n) is 3.45. The molecule has 0 fully saturated rings. The van der Waals surface area contributed by atoms with Gasteiger partial charge in [-0.15, -0.1) is 0 Å². The molecule has 116 valence electrons. The number of rotatable bonds is 8. The maximum absolute atomic E-state index is 11.9. The monoisotopic (exact) mass is 291 g/mol. The van der Waals surface area contributed by atoms with E-state index in [9.17, 15) is 9.59 Å². The second-order valence-corrected chi connectivity index (χ2v) is 4.91. The molecule has 1 aromatic rings. The van der Waals surface area contributed by atoms with E-state index in [4.69, 9.17) is 5.73 Å². The Kier molecular flexibility index (Phi) is 7.46. The Bertz CT molecular complexity index is 444. The number of likely N-dealkylation sites (N-methyl/N-ethyl adjacent to an activating group) is 1. The number of benzene rings is 1. The minimum Gasteiger partial charge on any atom is -0.346 e. The predicted molar refractivity (Wildman–Crippen MR) is 83.7 cm³/mol. The Labute approximate surface area is 126 Å². The fourth-order valence-electron chi connectivity index (χ4n) is 2.08. The Morgan fingerprint density at radius 2 is 1.81 bits per heavy atom. The molecule has 21 heavy (non-hydrogen) atoms. The Balaban J connectivity index is 2.33. The first-order chi connectivity index (χ1) is 10.1. The number of nitrogens with zero attached hydrogens (tertiary/aromatic N) is 1. The van der Waals surface area contributed by atoms with Gasteiger partial charge in [-0.2, -0.15) is 0 Å². The molecule has 0 heterocycles. The number of nitrogens with two attached hydrogens (primary N) is 1. The van der Waals surface area contributed by atoms with E-state index >= 15 is 0 Å². The summed E-state index contributed by atoms with van der Waals surface area (Å²) < 4.78 is 0. The normalized spacial score (nSPS) is 11.8. The molecule has 1 atom stereocenters. The van der Waals surface area contributed by atoms with Crippen LogP contribution in [0.25, 0.3) is 0 Å². The van der Waals surface area contributed by atoms with Crippen LogP contribution < -0.4 is 11.1 Å². The summed E-state index contributed by atoms with van der Waals surface area (Å²) in [7, 11) is 0. The molecule has 0 unspecified atom stereocenters.